The van der Waals surface area contributed by atoms with Crippen LogP contribution >= 0.6 is 0 Å². The average Bonchev–Trinajstić information content (AvgIpc) is 2.54. The van der Waals surface area contributed by atoms with Crippen LogP contribution in [0.4, 0.5) is 5.69 Å². The lowest BCUT2D eigenvalue weighted by Gasteiger charge is -2.31. The number of carbonyl (C=O) groups excluding carboxylic acids is 1. The molecule has 1 fully saturated rings. The number of ether oxygens (including phenoxy) is 1. The Balaban J connectivity index is 2.29. The average molecular weight is 343 g/mol. The minimum atomic E-state index is -3.93. The number of nitro groups is 1. The summed E-state index contributed by atoms with van der Waals surface area (Å²) < 4.78 is 31.0. The zero-order chi connectivity index (χ0) is 17.2. The standard InChI is InChI=1S/C13H16N2O7S/c1-22-12-3-2-10(8-11(12)15(18)19)23(20,21)14-6-4-9(5-7-14)13(16)17/h2-3,8-9H,4-7H2,1H3,(H,16,17)/p-1. The maximum absolute atomic E-state index is 12.5. The van der Waals surface area contributed by atoms with E-state index in [1.165, 1.54) is 19.2 Å². The van der Waals surface area contributed by atoms with E-state index < -0.39 is 32.5 Å². The Morgan fingerprint density at radius 1 is 1.35 bits per heavy atom. The number of hydrogen-bond acceptors (Lipinski definition) is 7. The van der Waals surface area contributed by atoms with Crippen molar-refractivity contribution in [2.75, 3.05) is 20.2 Å². The fourth-order valence-electron chi connectivity index (χ4n) is 2.45. The minimum Gasteiger partial charge on any atom is -0.550 e. The molecular formula is C13H15N2O7S-. The van der Waals surface area contributed by atoms with Gasteiger partial charge in [0.05, 0.1) is 16.9 Å². The van der Waals surface area contributed by atoms with Crippen LogP contribution in [-0.4, -0.2) is 43.8 Å². The maximum atomic E-state index is 12.5. The molecule has 10 heteroatoms. The van der Waals surface area contributed by atoms with Gasteiger partial charge in [0.2, 0.25) is 10.0 Å². The summed E-state index contributed by atoms with van der Waals surface area (Å²) in [7, 11) is -2.68. The van der Waals surface area contributed by atoms with Gasteiger partial charge in [0.15, 0.2) is 5.75 Å². The Morgan fingerprint density at radius 3 is 2.43 bits per heavy atom. The van der Waals surface area contributed by atoms with Crippen LogP contribution in [0.2, 0.25) is 0 Å². The smallest absolute Gasteiger partial charge is 0.312 e. The van der Waals surface area contributed by atoms with E-state index in [4.69, 9.17) is 4.74 Å². The van der Waals surface area contributed by atoms with E-state index in [2.05, 4.69) is 0 Å². The van der Waals surface area contributed by atoms with Crippen molar-refractivity contribution in [2.24, 2.45) is 5.92 Å². The molecule has 0 amide bonds. The highest BCUT2D eigenvalue weighted by molar-refractivity contribution is 7.89. The van der Waals surface area contributed by atoms with Gasteiger partial charge in [-0.1, -0.05) is 0 Å². The van der Waals surface area contributed by atoms with Gasteiger partial charge in [0.25, 0.3) is 0 Å². The highest BCUT2D eigenvalue weighted by Crippen LogP contribution is 2.31. The summed E-state index contributed by atoms with van der Waals surface area (Å²) in [6, 6.07) is 3.39. The fraction of sp³-hybridized carbons (Fsp3) is 0.462. The van der Waals surface area contributed by atoms with Crippen molar-refractivity contribution in [3.63, 3.8) is 0 Å². The predicted octanol–water partition coefficient (Wildman–Crippen LogP) is -0.246. The van der Waals surface area contributed by atoms with Crippen molar-refractivity contribution in [3.05, 3.63) is 28.3 Å². The number of nitrogens with zero attached hydrogens (tertiary/aromatic N) is 2. The number of carboxylic acid groups (broad SMARTS) is 1. The van der Waals surface area contributed by atoms with E-state index in [1.54, 1.807) is 0 Å². The molecule has 1 aromatic rings. The maximum Gasteiger partial charge on any atom is 0.312 e. The zero-order valence-corrected chi connectivity index (χ0v) is 13.1. The lowest BCUT2D eigenvalue weighted by molar-refractivity contribution is -0.386. The molecule has 0 unspecified atom stereocenters. The molecule has 126 valence electrons. The molecule has 9 nitrogen and oxygen atoms in total. The largest absolute Gasteiger partial charge is 0.550 e. The first-order valence-corrected chi connectivity index (χ1v) is 8.25. The van der Waals surface area contributed by atoms with Crippen molar-refractivity contribution in [1.29, 1.82) is 0 Å². The monoisotopic (exact) mass is 343 g/mol. The van der Waals surface area contributed by atoms with E-state index >= 15 is 0 Å². The second-order valence-corrected chi connectivity index (χ2v) is 7.03. The molecule has 0 N–H and O–H groups in total. The normalized spacial score (nSPS) is 16.9. The van der Waals surface area contributed by atoms with Gasteiger partial charge < -0.3 is 14.6 Å². The molecular weight excluding hydrogens is 328 g/mol. The highest BCUT2D eigenvalue weighted by atomic mass is 32.2. The Hall–Kier alpha value is -2.20. The molecule has 0 bridgehead atoms. The minimum absolute atomic E-state index is 0.0286. The van der Waals surface area contributed by atoms with Gasteiger partial charge in [-0.05, 0) is 25.0 Å². The molecule has 1 heterocycles. The van der Waals surface area contributed by atoms with Crippen LogP contribution in [0.25, 0.3) is 0 Å². The number of nitro benzene ring substituents is 1. The second-order valence-electron chi connectivity index (χ2n) is 5.09. The van der Waals surface area contributed by atoms with E-state index in [9.17, 15) is 28.4 Å². The second kappa shape index (κ2) is 6.50. The molecule has 23 heavy (non-hydrogen) atoms. The number of hydrogen-bond donors (Lipinski definition) is 0. The number of carboxylic acids is 1. The van der Waals surface area contributed by atoms with Crippen molar-refractivity contribution in [1.82, 2.24) is 4.31 Å². The third-order valence-corrected chi connectivity index (χ3v) is 5.67. The highest BCUT2D eigenvalue weighted by Gasteiger charge is 2.31. The number of carbonyl (C=O) groups is 1. The van der Waals surface area contributed by atoms with Crippen molar-refractivity contribution >= 4 is 21.7 Å². The molecule has 1 saturated heterocycles. The SMILES string of the molecule is COc1ccc(S(=O)(=O)N2CCC(C(=O)[O-])CC2)cc1[N+](=O)[O-]. The van der Waals surface area contributed by atoms with Gasteiger partial charge in [-0.2, -0.15) is 4.31 Å². The number of benzene rings is 1. The summed E-state index contributed by atoms with van der Waals surface area (Å²) in [5.74, 6) is -1.90. The van der Waals surface area contributed by atoms with Gasteiger partial charge in [-0.3, -0.25) is 10.1 Å². The Bertz CT molecular complexity index is 724. The van der Waals surface area contributed by atoms with E-state index in [0.29, 0.717) is 0 Å². The van der Waals surface area contributed by atoms with Crippen LogP contribution in [0.15, 0.2) is 23.1 Å². The van der Waals surface area contributed by atoms with Gasteiger partial charge in [0, 0.05) is 31.0 Å². The molecule has 2 rings (SSSR count). The Labute approximate surface area is 132 Å². The third kappa shape index (κ3) is 3.42. The van der Waals surface area contributed by atoms with E-state index in [-0.39, 0.29) is 36.6 Å². The molecule has 1 aromatic carbocycles. The third-order valence-electron chi connectivity index (χ3n) is 3.77. The molecule has 0 saturated carbocycles. The topological polar surface area (TPSA) is 130 Å². The van der Waals surface area contributed by atoms with Crippen molar-refractivity contribution < 1.29 is 28.0 Å². The van der Waals surface area contributed by atoms with Gasteiger partial charge in [0.1, 0.15) is 0 Å². The van der Waals surface area contributed by atoms with Crippen LogP contribution in [0, 0.1) is 16.0 Å². The first kappa shape index (κ1) is 17.2. The quantitative estimate of drug-likeness (QED) is 0.532. The molecule has 0 radical (unpaired) electrons. The summed E-state index contributed by atoms with van der Waals surface area (Å²) in [5.41, 5.74) is -0.446. The number of aliphatic carboxylic acids is 1. The zero-order valence-electron chi connectivity index (χ0n) is 12.3. The summed E-state index contributed by atoms with van der Waals surface area (Å²) in [6.45, 7) is 0.0572. The van der Waals surface area contributed by atoms with Crippen LogP contribution in [-0.2, 0) is 14.8 Å². The van der Waals surface area contributed by atoms with Gasteiger partial charge >= 0.3 is 5.69 Å². The number of piperidine rings is 1. The number of methoxy groups -OCH3 is 1. The lowest BCUT2D eigenvalue weighted by Crippen LogP contribution is -2.43. The number of rotatable bonds is 5. The Morgan fingerprint density at radius 2 is 1.96 bits per heavy atom. The van der Waals surface area contributed by atoms with E-state index in [1.807, 2.05) is 0 Å². The van der Waals surface area contributed by atoms with Crippen LogP contribution < -0.4 is 9.84 Å². The number of sulfonamides is 1. The molecule has 0 spiro atoms. The molecule has 1 aliphatic heterocycles. The molecule has 1 aliphatic rings. The summed E-state index contributed by atoms with van der Waals surface area (Å²) in [5, 5.41) is 21.8. The fourth-order valence-corrected chi connectivity index (χ4v) is 3.94. The predicted molar refractivity (Wildman–Crippen MR) is 76.1 cm³/mol. The summed E-state index contributed by atoms with van der Waals surface area (Å²) >= 11 is 0. The van der Waals surface area contributed by atoms with E-state index in [0.717, 1.165) is 10.4 Å². The van der Waals surface area contributed by atoms with Gasteiger partial charge in [-0.15, -0.1) is 0 Å². The van der Waals surface area contributed by atoms with Gasteiger partial charge in [-0.25, -0.2) is 8.42 Å². The van der Waals surface area contributed by atoms with Crippen LogP contribution in [0.3, 0.4) is 0 Å². The lowest BCUT2D eigenvalue weighted by atomic mass is 9.99. The van der Waals surface area contributed by atoms with Crippen molar-refractivity contribution in [2.45, 2.75) is 17.7 Å². The first-order chi connectivity index (χ1) is 10.8. The summed E-state index contributed by atoms with van der Waals surface area (Å²) in [6.07, 6.45) is 0.305. The molecule has 0 aromatic heterocycles. The van der Waals surface area contributed by atoms with Crippen molar-refractivity contribution in [3.8, 4) is 5.75 Å². The molecule has 0 aliphatic carbocycles. The van der Waals surface area contributed by atoms with Crippen LogP contribution in [0.1, 0.15) is 12.8 Å². The molecule has 0 atom stereocenters. The summed E-state index contributed by atoms with van der Waals surface area (Å²) in [4.78, 5) is 20.9. The van der Waals surface area contributed by atoms with Crippen LogP contribution in [0.5, 0.6) is 5.75 Å². The first-order valence-electron chi connectivity index (χ1n) is 6.81. The Kier molecular flexibility index (Phi) is 4.85.